The molecule has 0 fully saturated rings. The molecule has 4 heteroatoms. The van der Waals surface area contributed by atoms with Crippen molar-refractivity contribution in [1.82, 2.24) is 9.78 Å². The number of rotatable bonds is 2. The fourth-order valence-electron chi connectivity index (χ4n) is 0.821. The molecule has 0 amide bonds. The number of hydrogen-bond acceptors (Lipinski definition) is 2. The Bertz CT molecular complexity index is 239. The summed E-state index contributed by atoms with van der Waals surface area (Å²) < 4.78 is 2.63. The van der Waals surface area contributed by atoms with Crippen molar-refractivity contribution in [2.24, 2.45) is 0 Å². The Morgan fingerprint density at radius 3 is 2.73 bits per heavy atom. The van der Waals surface area contributed by atoms with Gasteiger partial charge in [-0.05, 0) is 29.8 Å². The van der Waals surface area contributed by atoms with E-state index in [1.54, 1.807) is 24.7 Å². The standard InChI is InChI=1S/C7H11BrN2O/c1-7(2,11)5-10-4-6(8)3-9-10/h3-4,11H,5H2,1-2H3. The van der Waals surface area contributed by atoms with Crippen LogP contribution in [0.2, 0.25) is 0 Å². The second-order valence-corrected chi connectivity index (χ2v) is 4.08. The molecule has 1 aromatic rings. The summed E-state index contributed by atoms with van der Waals surface area (Å²) in [6.07, 6.45) is 3.53. The number of nitrogens with zero attached hydrogens (tertiary/aromatic N) is 2. The van der Waals surface area contributed by atoms with E-state index < -0.39 is 5.60 Å². The van der Waals surface area contributed by atoms with Gasteiger partial charge in [0.05, 0.1) is 22.8 Å². The highest BCUT2D eigenvalue weighted by molar-refractivity contribution is 9.10. The van der Waals surface area contributed by atoms with Gasteiger partial charge in [-0.2, -0.15) is 5.10 Å². The van der Waals surface area contributed by atoms with E-state index in [1.165, 1.54) is 0 Å². The van der Waals surface area contributed by atoms with Crippen LogP contribution in [-0.4, -0.2) is 20.5 Å². The average Bonchev–Trinajstić information content (AvgIpc) is 2.10. The minimum atomic E-state index is -0.703. The van der Waals surface area contributed by atoms with E-state index in [9.17, 15) is 5.11 Å². The summed E-state index contributed by atoms with van der Waals surface area (Å²) in [6, 6.07) is 0. The summed E-state index contributed by atoms with van der Waals surface area (Å²) in [5.41, 5.74) is -0.703. The van der Waals surface area contributed by atoms with Crippen LogP contribution >= 0.6 is 15.9 Å². The van der Waals surface area contributed by atoms with Gasteiger partial charge in [-0.15, -0.1) is 0 Å². The first-order valence-corrected chi connectivity index (χ1v) is 4.17. The Hall–Kier alpha value is -0.350. The predicted molar refractivity (Wildman–Crippen MR) is 46.2 cm³/mol. The van der Waals surface area contributed by atoms with Crippen molar-refractivity contribution in [1.29, 1.82) is 0 Å². The van der Waals surface area contributed by atoms with Crippen LogP contribution in [0.1, 0.15) is 13.8 Å². The maximum Gasteiger partial charge on any atom is 0.0786 e. The van der Waals surface area contributed by atoms with Crippen molar-refractivity contribution in [3.63, 3.8) is 0 Å². The summed E-state index contributed by atoms with van der Waals surface area (Å²) >= 11 is 3.27. The molecule has 1 aromatic heterocycles. The van der Waals surface area contributed by atoms with Crippen molar-refractivity contribution >= 4 is 15.9 Å². The normalized spacial score (nSPS) is 12.0. The van der Waals surface area contributed by atoms with E-state index in [1.807, 2.05) is 6.20 Å². The van der Waals surface area contributed by atoms with Crippen LogP contribution in [0.15, 0.2) is 16.9 Å². The fraction of sp³-hybridized carbons (Fsp3) is 0.571. The molecule has 11 heavy (non-hydrogen) atoms. The molecule has 0 aromatic carbocycles. The second-order valence-electron chi connectivity index (χ2n) is 3.17. The minimum Gasteiger partial charge on any atom is -0.389 e. The molecule has 0 unspecified atom stereocenters. The maximum absolute atomic E-state index is 9.40. The van der Waals surface area contributed by atoms with Crippen LogP contribution in [0.4, 0.5) is 0 Å². The lowest BCUT2D eigenvalue weighted by Gasteiger charge is -2.16. The first kappa shape index (κ1) is 8.74. The third kappa shape index (κ3) is 3.03. The molecule has 1 N–H and O–H groups in total. The Kier molecular flexibility index (Phi) is 2.34. The largest absolute Gasteiger partial charge is 0.389 e. The SMILES string of the molecule is CC(C)(O)Cn1cc(Br)cn1. The van der Waals surface area contributed by atoms with Crippen LogP contribution in [0.5, 0.6) is 0 Å². The summed E-state index contributed by atoms with van der Waals surface area (Å²) in [7, 11) is 0. The van der Waals surface area contributed by atoms with Gasteiger partial charge in [-0.25, -0.2) is 0 Å². The Labute approximate surface area is 74.2 Å². The molecule has 62 valence electrons. The molecule has 0 spiro atoms. The van der Waals surface area contributed by atoms with E-state index in [-0.39, 0.29) is 0 Å². The van der Waals surface area contributed by atoms with Crippen molar-refractivity contribution in [3.8, 4) is 0 Å². The molecule has 0 radical (unpaired) electrons. The van der Waals surface area contributed by atoms with Crippen molar-refractivity contribution in [2.45, 2.75) is 26.0 Å². The zero-order valence-corrected chi connectivity index (χ0v) is 8.17. The maximum atomic E-state index is 9.40. The smallest absolute Gasteiger partial charge is 0.0786 e. The predicted octanol–water partition coefficient (Wildman–Crippen LogP) is 1.42. The molecule has 0 aliphatic carbocycles. The molecule has 1 rings (SSSR count). The molecule has 3 nitrogen and oxygen atoms in total. The molecule has 0 bridgehead atoms. The molecule has 0 saturated carbocycles. The van der Waals surface area contributed by atoms with Gasteiger partial charge in [-0.1, -0.05) is 0 Å². The van der Waals surface area contributed by atoms with Gasteiger partial charge >= 0.3 is 0 Å². The number of halogens is 1. The monoisotopic (exact) mass is 218 g/mol. The van der Waals surface area contributed by atoms with Crippen molar-refractivity contribution in [3.05, 3.63) is 16.9 Å². The van der Waals surface area contributed by atoms with Gasteiger partial charge in [-0.3, -0.25) is 4.68 Å². The van der Waals surface area contributed by atoms with Crippen LogP contribution in [-0.2, 0) is 6.54 Å². The first-order chi connectivity index (χ1) is 4.97. The Balaban J connectivity index is 2.65. The number of hydrogen-bond donors (Lipinski definition) is 1. The number of aromatic nitrogens is 2. The van der Waals surface area contributed by atoms with Crippen molar-refractivity contribution in [2.75, 3.05) is 0 Å². The molecular weight excluding hydrogens is 208 g/mol. The van der Waals surface area contributed by atoms with E-state index in [2.05, 4.69) is 21.0 Å². The van der Waals surface area contributed by atoms with Gasteiger partial charge in [0.25, 0.3) is 0 Å². The Morgan fingerprint density at radius 2 is 2.36 bits per heavy atom. The van der Waals surface area contributed by atoms with Crippen LogP contribution in [0, 0.1) is 0 Å². The minimum absolute atomic E-state index is 0.512. The number of aliphatic hydroxyl groups is 1. The van der Waals surface area contributed by atoms with E-state index in [0.717, 1.165) is 4.47 Å². The zero-order valence-electron chi connectivity index (χ0n) is 6.58. The lowest BCUT2D eigenvalue weighted by Crippen LogP contribution is -2.26. The molecule has 0 aliphatic rings. The van der Waals surface area contributed by atoms with Crippen molar-refractivity contribution < 1.29 is 5.11 Å². The summed E-state index contributed by atoms with van der Waals surface area (Å²) in [5, 5.41) is 13.4. The fourth-order valence-corrected chi connectivity index (χ4v) is 1.15. The van der Waals surface area contributed by atoms with E-state index in [4.69, 9.17) is 0 Å². The average molecular weight is 219 g/mol. The van der Waals surface area contributed by atoms with Gasteiger partial charge < -0.3 is 5.11 Å². The zero-order chi connectivity index (χ0) is 8.48. The van der Waals surface area contributed by atoms with Gasteiger partial charge in [0.2, 0.25) is 0 Å². The van der Waals surface area contributed by atoms with Crippen LogP contribution < -0.4 is 0 Å². The topological polar surface area (TPSA) is 38.0 Å². The lowest BCUT2D eigenvalue weighted by molar-refractivity contribution is 0.0577. The van der Waals surface area contributed by atoms with E-state index in [0.29, 0.717) is 6.54 Å². The van der Waals surface area contributed by atoms with Crippen LogP contribution in [0.25, 0.3) is 0 Å². The summed E-state index contributed by atoms with van der Waals surface area (Å²) in [5.74, 6) is 0. The third-order valence-electron chi connectivity index (χ3n) is 1.15. The first-order valence-electron chi connectivity index (χ1n) is 3.38. The molecule has 1 heterocycles. The summed E-state index contributed by atoms with van der Waals surface area (Å²) in [6.45, 7) is 4.02. The van der Waals surface area contributed by atoms with Gasteiger partial charge in [0.15, 0.2) is 0 Å². The molecule has 0 saturated heterocycles. The molecular formula is C7H11BrN2O. The second kappa shape index (κ2) is 2.95. The lowest BCUT2D eigenvalue weighted by atomic mass is 10.1. The van der Waals surface area contributed by atoms with E-state index >= 15 is 0 Å². The highest BCUT2D eigenvalue weighted by Gasteiger charge is 2.13. The van der Waals surface area contributed by atoms with Crippen LogP contribution in [0.3, 0.4) is 0 Å². The Morgan fingerprint density at radius 1 is 1.73 bits per heavy atom. The summed E-state index contributed by atoms with van der Waals surface area (Å²) in [4.78, 5) is 0. The quantitative estimate of drug-likeness (QED) is 0.816. The highest BCUT2D eigenvalue weighted by atomic mass is 79.9. The van der Waals surface area contributed by atoms with Gasteiger partial charge in [0.1, 0.15) is 0 Å². The molecule has 0 aliphatic heterocycles. The third-order valence-corrected chi connectivity index (χ3v) is 1.56. The van der Waals surface area contributed by atoms with Gasteiger partial charge in [0, 0.05) is 6.20 Å². The molecule has 0 atom stereocenters. The highest BCUT2D eigenvalue weighted by Crippen LogP contribution is 2.09.